The van der Waals surface area contributed by atoms with E-state index in [2.05, 4.69) is 44.2 Å². The van der Waals surface area contributed by atoms with Gasteiger partial charge >= 0.3 is 0 Å². The third-order valence-corrected chi connectivity index (χ3v) is 7.27. The number of hydrogen-bond acceptors (Lipinski definition) is 5. The van der Waals surface area contributed by atoms with Gasteiger partial charge in [-0.1, -0.05) is 24.3 Å². The average molecular weight is 531 g/mol. The number of nitrogens with zero attached hydrogens (tertiary/aromatic N) is 2. The van der Waals surface area contributed by atoms with Gasteiger partial charge in [0.15, 0.2) is 0 Å². The Morgan fingerprint density at radius 3 is 1.38 bits per heavy atom. The van der Waals surface area contributed by atoms with Crippen molar-refractivity contribution < 1.29 is 14.2 Å². The van der Waals surface area contributed by atoms with Crippen molar-refractivity contribution in [3.05, 3.63) is 96.1 Å². The zero-order valence-electron chi connectivity index (χ0n) is 23.3. The predicted octanol–water partition coefficient (Wildman–Crippen LogP) is 6.52. The first-order valence-corrected chi connectivity index (χ1v) is 14.1. The Kier molecular flexibility index (Phi) is 11.5. The van der Waals surface area contributed by atoms with Crippen LogP contribution in [0.5, 0.6) is 11.5 Å². The molecule has 2 atom stereocenters. The maximum atomic E-state index is 6.92. The summed E-state index contributed by atoms with van der Waals surface area (Å²) in [6, 6.07) is 16.8. The Labute approximate surface area is 232 Å². The highest BCUT2D eigenvalue weighted by Crippen LogP contribution is 2.22. The normalized spacial score (nSPS) is 12.8. The smallest absolute Gasteiger partial charge is 0.118 e. The van der Waals surface area contributed by atoms with Crippen molar-refractivity contribution in [1.29, 1.82) is 0 Å². The van der Waals surface area contributed by atoms with Crippen molar-refractivity contribution in [3.8, 4) is 11.5 Å². The van der Waals surface area contributed by atoms with E-state index in [4.69, 9.17) is 14.2 Å². The van der Waals surface area contributed by atoms with Crippen LogP contribution in [0.3, 0.4) is 0 Å². The molecule has 0 fully saturated rings. The Hall–Kier alpha value is -3.58. The third kappa shape index (κ3) is 9.91. The van der Waals surface area contributed by atoms with Crippen LogP contribution in [-0.2, 0) is 30.4 Å². The summed E-state index contributed by atoms with van der Waals surface area (Å²) in [4.78, 5) is 14.8. The SMILES string of the molecule is COc1ccc(CCC(CCCc2cnc[nH]2)OC(CCCc2cnc[nH]2)CCc2ccc(OC)cc2)cc1. The lowest BCUT2D eigenvalue weighted by Crippen LogP contribution is -2.24. The number of aromatic nitrogens is 4. The molecule has 0 saturated carbocycles. The molecule has 0 aliphatic heterocycles. The summed E-state index contributed by atoms with van der Waals surface area (Å²) < 4.78 is 17.6. The van der Waals surface area contributed by atoms with Crippen molar-refractivity contribution in [2.24, 2.45) is 0 Å². The van der Waals surface area contributed by atoms with E-state index < -0.39 is 0 Å². The Morgan fingerprint density at radius 1 is 0.590 bits per heavy atom. The van der Waals surface area contributed by atoms with Crippen LogP contribution in [0.1, 0.15) is 61.0 Å². The average Bonchev–Trinajstić information content (AvgIpc) is 3.70. The number of aromatic amines is 2. The molecule has 0 bridgehead atoms. The van der Waals surface area contributed by atoms with Crippen molar-refractivity contribution in [2.75, 3.05) is 14.2 Å². The first-order valence-electron chi connectivity index (χ1n) is 14.1. The van der Waals surface area contributed by atoms with Gasteiger partial charge in [0.05, 0.1) is 39.1 Å². The monoisotopic (exact) mass is 530 g/mol. The van der Waals surface area contributed by atoms with Crippen LogP contribution in [0.4, 0.5) is 0 Å². The van der Waals surface area contributed by atoms with Crippen molar-refractivity contribution >= 4 is 0 Å². The van der Waals surface area contributed by atoms with Crippen LogP contribution in [0.25, 0.3) is 0 Å². The first kappa shape index (κ1) is 28.4. The molecule has 2 aromatic heterocycles. The number of rotatable bonds is 18. The van der Waals surface area contributed by atoms with Gasteiger partial charge in [0.2, 0.25) is 0 Å². The summed E-state index contributed by atoms with van der Waals surface area (Å²) in [5, 5.41) is 0. The molecule has 2 heterocycles. The van der Waals surface area contributed by atoms with Gasteiger partial charge in [-0.15, -0.1) is 0 Å². The van der Waals surface area contributed by atoms with Crippen LogP contribution in [0.15, 0.2) is 73.6 Å². The van der Waals surface area contributed by atoms with Gasteiger partial charge in [-0.3, -0.25) is 0 Å². The van der Waals surface area contributed by atoms with Gasteiger partial charge in [0.25, 0.3) is 0 Å². The molecule has 4 rings (SSSR count). The molecule has 0 radical (unpaired) electrons. The van der Waals surface area contributed by atoms with E-state index in [-0.39, 0.29) is 12.2 Å². The quantitative estimate of drug-likeness (QED) is 0.153. The third-order valence-electron chi connectivity index (χ3n) is 7.27. The molecule has 208 valence electrons. The number of methoxy groups -OCH3 is 2. The van der Waals surface area contributed by atoms with E-state index in [0.29, 0.717) is 0 Å². The maximum Gasteiger partial charge on any atom is 0.118 e. The lowest BCUT2D eigenvalue weighted by Gasteiger charge is -2.26. The van der Waals surface area contributed by atoms with Gasteiger partial charge in [-0.2, -0.15) is 0 Å². The summed E-state index contributed by atoms with van der Waals surface area (Å²) in [6.45, 7) is 0. The van der Waals surface area contributed by atoms with Crippen LogP contribution >= 0.6 is 0 Å². The fraction of sp³-hybridized carbons (Fsp3) is 0.438. The fourth-order valence-electron chi connectivity index (χ4n) is 4.96. The van der Waals surface area contributed by atoms with E-state index in [1.54, 1.807) is 26.9 Å². The molecule has 39 heavy (non-hydrogen) atoms. The summed E-state index contributed by atoms with van der Waals surface area (Å²) in [5.41, 5.74) is 4.98. The van der Waals surface area contributed by atoms with E-state index >= 15 is 0 Å². The Bertz CT molecular complexity index is 1070. The van der Waals surface area contributed by atoms with Crippen LogP contribution < -0.4 is 9.47 Å². The minimum absolute atomic E-state index is 0.197. The largest absolute Gasteiger partial charge is 0.497 e. The van der Waals surface area contributed by atoms with E-state index in [0.717, 1.165) is 75.7 Å². The van der Waals surface area contributed by atoms with Gasteiger partial charge in [0.1, 0.15) is 11.5 Å². The first-order chi connectivity index (χ1) is 19.2. The summed E-state index contributed by atoms with van der Waals surface area (Å²) in [6.07, 6.45) is 17.8. The minimum Gasteiger partial charge on any atom is -0.497 e. The zero-order valence-corrected chi connectivity index (χ0v) is 23.3. The zero-order chi connectivity index (χ0) is 27.1. The van der Waals surface area contributed by atoms with Crippen LogP contribution in [0.2, 0.25) is 0 Å². The molecule has 0 amide bonds. The molecule has 7 nitrogen and oxygen atoms in total. The molecule has 0 aliphatic carbocycles. The van der Waals surface area contributed by atoms with Crippen molar-refractivity contribution in [3.63, 3.8) is 0 Å². The number of imidazole rings is 2. The number of benzene rings is 2. The molecule has 0 saturated heterocycles. The molecule has 0 aliphatic rings. The Balaban J connectivity index is 1.38. The number of nitrogens with one attached hydrogen (secondary N) is 2. The molecule has 7 heteroatoms. The fourth-order valence-corrected chi connectivity index (χ4v) is 4.96. The highest BCUT2D eigenvalue weighted by Gasteiger charge is 2.18. The number of aryl methyl sites for hydroxylation is 4. The second kappa shape index (κ2) is 15.7. The topological polar surface area (TPSA) is 85.0 Å². The van der Waals surface area contributed by atoms with Gasteiger partial charge in [-0.25, -0.2) is 9.97 Å². The lowest BCUT2D eigenvalue weighted by atomic mass is 9.99. The second-order valence-electron chi connectivity index (χ2n) is 10.1. The number of ether oxygens (including phenoxy) is 3. The van der Waals surface area contributed by atoms with Gasteiger partial charge < -0.3 is 24.2 Å². The van der Waals surface area contributed by atoms with Crippen LogP contribution in [0, 0.1) is 0 Å². The van der Waals surface area contributed by atoms with Crippen LogP contribution in [-0.4, -0.2) is 46.4 Å². The van der Waals surface area contributed by atoms with E-state index in [1.165, 1.54) is 22.5 Å². The van der Waals surface area contributed by atoms with Crippen molar-refractivity contribution in [2.45, 2.75) is 76.4 Å². The number of hydrogen-bond donors (Lipinski definition) is 2. The van der Waals surface area contributed by atoms with E-state index in [1.807, 2.05) is 36.7 Å². The molecular formula is C32H42N4O3. The molecule has 4 aromatic rings. The molecule has 2 N–H and O–H groups in total. The maximum absolute atomic E-state index is 6.92. The highest BCUT2D eigenvalue weighted by atomic mass is 16.5. The standard InChI is InChI=1S/C32H42N4O3/c1-37-29-15-9-25(10-16-29)13-19-31(7-3-5-27-21-33-23-35-27)39-32(8-4-6-28-22-34-24-36-28)20-14-26-11-17-30(38-2)18-12-26/h9-12,15-18,21-24,31-32H,3-8,13-14,19-20H2,1-2H3,(H,33,35)(H,34,36). The lowest BCUT2D eigenvalue weighted by molar-refractivity contribution is -0.0294. The second-order valence-corrected chi connectivity index (χ2v) is 10.1. The molecule has 2 aromatic carbocycles. The molecule has 2 unspecified atom stereocenters. The minimum atomic E-state index is 0.197. The summed E-state index contributed by atoms with van der Waals surface area (Å²) >= 11 is 0. The summed E-state index contributed by atoms with van der Waals surface area (Å²) in [7, 11) is 3.41. The molecular weight excluding hydrogens is 488 g/mol. The van der Waals surface area contributed by atoms with Gasteiger partial charge in [-0.05, 0) is 99.6 Å². The molecule has 0 spiro atoms. The highest BCUT2D eigenvalue weighted by molar-refractivity contribution is 5.28. The predicted molar refractivity (Wildman–Crippen MR) is 154 cm³/mol. The summed E-state index contributed by atoms with van der Waals surface area (Å²) in [5.74, 6) is 1.78. The van der Waals surface area contributed by atoms with Gasteiger partial charge in [0, 0.05) is 23.8 Å². The van der Waals surface area contributed by atoms with Crippen molar-refractivity contribution in [1.82, 2.24) is 19.9 Å². The van der Waals surface area contributed by atoms with E-state index in [9.17, 15) is 0 Å². The Morgan fingerprint density at radius 2 is 1.03 bits per heavy atom. The number of H-pyrrole nitrogens is 2.